The molecule has 0 spiro atoms. The van der Waals surface area contributed by atoms with E-state index in [4.69, 9.17) is 16.0 Å². The maximum atomic E-state index is 12.2. The molecule has 0 unspecified atom stereocenters. The molecule has 0 saturated heterocycles. The van der Waals surface area contributed by atoms with Crippen LogP contribution in [0.15, 0.2) is 45.9 Å². The van der Waals surface area contributed by atoms with Crippen LogP contribution in [0.25, 0.3) is 0 Å². The van der Waals surface area contributed by atoms with Crippen LogP contribution in [-0.4, -0.2) is 14.5 Å². The van der Waals surface area contributed by atoms with Crippen LogP contribution in [0, 0.1) is 0 Å². The Balaban J connectivity index is 2.10. The van der Waals surface area contributed by atoms with Crippen LogP contribution in [0.3, 0.4) is 0 Å². The number of nitrogens with one attached hydrogen (secondary N) is 2. The van der Waals surface area contributed by atoms with Gasteiger partial charge in [-0.2, -0.15) is 8.42 Å². The molecule has 2 rings (SSSR count). The van der Waals surface area contributed by atoms with Crippen molar-refractivity contribution in [2.24, 2.45) is 0 Å². The molecule has 0 bridgehead atoms. The minimum atomic E-state index is -3.73. The standard InChI is InChI=1S/C14H17ClN2O3S/c1-10(2)16-9-13-7-8-14(20-13)21(18,19)17-12-5-3-11(15)4-6-12/h3-8,10,16-17H,9H2,1-2H3. The Morgan fingerprint density at radius 2 is 1.81 bits per heavy atom. The Bertz CT molecular complexity index is 693. The SMILES string of the molecule is CC(C)NCc1ccc(S(=O)(=O)Nc2ccc(Cl)cc2)o1. The highest BCUT2D eigenvalue weighted by atomic mass is 35.5. The van der Waals surface area contributed by atoms with Gasteiger partial charge in [-0.15, -0.1) is 0 Å². The van der Waals surface area contributed by atoms with Crippen molar-refractivity contribution in [2.75, 3.05) is 4.72 Å². The summed E-state index contributed by atoms with van der Waals surface area (Å²) in [5, 5.41) is 3.59. The zero-order valence-corrected chi connectivity index (χ0v) is 13.3. The molecule has 0 aliphatic carbocycles. The van der Waals surface area contributed by atoms with Gasteiger partial charge in [-0.25, -0.2) is 0 Å². The van der Waals surface area contributed by atoms with Crippen molar-refractivity contribution in [3.8, 4) is 0 Å². The third-order valence-corrected chi connectivity index (χ3v) is 4.19. The Morgan fingerprint density at radius 1 is 1.14 bits per heavy atom. The highest BCUT2D eigenvalue weighted by Crippen LogP contribution is 2.20. The number of sulfonamides is 1. The van der Waals surface area contributed by atoms with Gasteiger partial charge in [0.05, 0.1) is 6.54 Å². The zero-order chi connectivity index (χ0) is 15.5. The average molecular weight is 329 g/mol. The quantitative estimate of drug-likeness (QED) is 0.854. The first-order valence-electron chi connectivity index (χ1n) is 6.47. The van der Waals surface area contributed by atoms with Crippen LogP contribution in [0.5, 0.6) is 0 Å². The number of halogens is 1. The average Bonchev–Trinajstić information content (AvgIpc) is 2.88. The molecule has 2 N–H and O–H groups in total. The van der Waals surface area contributed by atoms with Crippen molar-refractivity contribution in [1.82, 2.24) is 5.32 Å². The van der Waals surface area contributed by atoms with E-state index in [0.717, 1.165) is 0 Å². The van der Waals surface area contributed by atoms with Gasteiger partial charge < -0.3 is 9.73 Å². The summed E-state index contributed by atoms with van der Waals surface area (Å²) in [4.78, 5) is 0. The summed E-state index contributed by atoms with van der Waals surface area (Å²) in [6.45, 7) is 4.49. The van der Waals surface area contributed by atoms with Crippen LogP contribution < -0.4 is 10.0 Å². The van der Waals surface area contributed by atoms with E-state index in [0.29, 0.717) is 29.1 Å². The van der Waals surface area contributed by atoms with Crippen LogP contribution in [0.4, 0.5) is 5.69 Å². The van der Waals surface area contributed by atoms with Gasteiger partial charge in [0, 0.05) is 16.8 Å². The summed E-state index contributed by atoms with van der Waals surface area (Å²) in [7, 11) is -3.73. The minimum absolute atomic E-state index is 0.113. The summed E-state index contributed by atoms with van der Waals surface area (Å²) >= 11 is 5.76. The van der Waals surface area contributed by atoms with Crippen molar-refractivity contribution in [2.45, 2.75) is 31.5 Å². The molecule has 5 nitrogen and oxygen atoms in total. The van der Waals surface area contributed by atoms with E-state index in [1.165, 1.54) is 6.07 Å². The second-order valence-electron chi connectivity index (χ2n) is 4.87. The summed E-state index contributed by atoms with van der Waals surface area (Å²) in [5.74, 6) is 0.570. The van der Waals surface area contributed by atoms with Gasteiger partial charge in [0.1, 0.15) is 5.76 Å². The van der Waals surface area contributed by atoms with Gasteiger partial charge >= 0.3 is 0 Å². The van der Waals surface area contributed by atoms with E-state index in [9.17, 15) is 8.42 Å². The smallest absolute Gasteiger partial charge is 0.295 e. The van der Waals surface area contributed by atoms with Gasteiger partial charge in [-0.3, -0.25) is 4.72 Å². The first-order valence-corrected chi connectivity index (χ1v) is 8.33. The Morgan fingerprint density at radius 3 is 2.43 bits per heavy atom. The van der Waals surface area contributed by atoms with Crippen LogP contribution >= 0.6 is 11.6 Å². The third kappa shape index (κ3) is 4.49. The first kappa shape index (κ1) is 15.9. The Labute approximate surface area is 129 Å². The summed E-state index contributed by atoms with van der Waals surface area (Å²) in [6.07, 6.45) is 0. The van der Waals surface area contributed by atoms with Crippen LogP contribution in [0.2, 0.25) is 5.02 Å². The fourth-order valence-corrected chi connectivity index (χ4v) is 2.76. The maximum Gasteiger partial charge on any atom is 0.295 e. The van der Waals surface area contributed by atoms with Crippen molar-refractivity contribution in [1.29, 1.82) is 0 Å². The van der Waals surface area contributed by atoms with Crippen molar-refractivity contribution in [3.63, 3.8) is 0 Å². The molecule has 1 aromatic heterocycles. The van der Waals surface area contributed by atoms with Gasteiger partial charge in [-0.05, 0) is 36.4 Å². The zero-order valence-electron chi connectivity index (χ0n) is 11.8. The van der Waals surface area contributed by atoms with Gasteiger partial charge in [0.15, 0.2) is 0 Å². The maximum absolute atomic E-state index is 12.2. The Hall–Kier alpha value is -1.50. The third-order valence-electron chi connectivity index (χ3n) is 2.68. The van der Waals surface area contributed by atoms with Gasteiger partial charge in [0.25, 0.3) is 10.0 Å². The number of anilines is 1. The molecule has 21 heavy (non-hydrogen) atoms. The molecule has 0 saturated carbocycles. The molecular formula is C14H17ClN2O3S. The van der Waals surface area contributed by atoms with Crippen molar-refractivity contribution in [3.05, 3.63) is 47.2 Å². The van der Waals surface area contributed by atoms with E-state index in [1.807, 2.05) is 13.8 Å². The number of hydrogen-bond acceptors (Lipinski definition) is 4. The lowest BCUT2D eigenvalue weighted by Gasteiger charge is -2.06. The predicted octanol–water partition coefficient (Wildman–Crippen LogP) is 3.23. The highest BCUT2D eigenvalue weighted by molar-refractivity contribution is 7.92. The normalized spacial score (nSPS) is 11.8. The summed E-state index contributed by atoms with van der Waals surface area (Å²) < 4.78 is 32.2. The number of benzene rings is 1. The van der Waals surface area contributed by atoms with E-state index in [2.05, 4.69) is 10.0 Å². The fraction of sp³-hybridized carbons (Fsp3) is 0.286. The van der Waals surface area contributed by atoms with Crippen LogP contribution in [-0.2, 0) is 16.6 Å². The van der Waals surface area contributed by atoms with Crippen molar-refractivity contribution >= 4 is 27.3 Å². The van der Waals surface area contributed by atoms with E-state index >= 15 is 0 Å². The molecule has 0 aliphatic heterocycles. The lowest BCUT2D eigenvalue weighted by atomic mass is 10.3. The molecule has 0 atom stereocenters. The predicted molar refractivity (Wildman–Crippen MR) is 82.9 cm³/mol. The van der Waals surface area contributed by atoms with E-state index in [1.54, 1.807) is 30.3 Å². The highest BCUT2D eigenvalue weighted by Gasteiger charge is 2.19. The molecule has 114 valence electrons. The number of hydrogen-bond donors (Lipinski definition) is 2. The molecule has 1 aromatic carbocycles. The van der Waals surface area contributed by atoms with E-state index < -0.39 is 10.0 Å². The molecule has 0 amide bonds. The lowest BCUT2D eigenvalue weighted by Crippen LogP contribution is -2.21. The molecule has 0 aliphatic rings. The molecule has 7 heteroatoms. The van der Waals surface area contributed by atoms with Gasteiger partial charge in [0.2, 0.25) is 5.09 Å². The monoisotopic (exact) mass is 328 g/mol. The molecule has 0 fully saturated rings. The van der Waals surface area contributed by atoms with Gasteiger partial charge in [-0.1, -0.05) is 25.4 Å². The first-order chi connectivity index (χ1) is 9.87. The number of rotatable bonds is 6. The second kappa shape index (κ2) is 6.51. The van der Waals surface area contributed by atoms with E-state index in [-0.39, 0.29) is 5.09 Å². The molecular weight excluding hydrogens is 312 g/mol. The summed E-state index contributed by atoms with van der Waals surface area (Å²) in [5.41, 5.74) is 0.428. The summed E-state index contributed by atoms with van der Waals surface area (Å²) in [6, 6.07) is 9.77. The van der Waals surface area contributed by atoms with Crippen molar-refractivity contribution < 1.29 is 12.8 Å². The largest absolute Gasteiger partial charge is 0.446 e. The molecule has 0 radical (unpaired) electrons. The lowest BCUT2D eigenvalue weighted by molar-refractivity contribution is 0.396. The minimum Gasteiger partial charge on any atom is -0.446 e. The second-order valence-corrected chi connectivity index (χ2v) is 6.92. The molecule has 2 aromatic rings. The van der Waals surface area contributed by atoms with Crippen LogP contribution in [0.1, 0.15) is 19.6 Å². The molecule has 1 heterocycles. The fourth-order valence-electron chi connectivity index (χ4n) is 1.63. The number of furan rings is 1. The Kier molecular flexibility index (Phi) is 4.92. The topological polar surface area (TPSA) is 71.3 Å².